The van der Waals surface area contributed by atoms with Crippen molar-refractivity contribution >= 4 is 40.4 Å². The number of Topliss-reactive ketones (excluding diaryl/α,β-unsaturated/α-hetero) is 1. The highest BCUT2D eigenvalue weighted by atomic mass is 35.5. The third-order valence-electron chi connectivity index (χ3n) is 5.84. The molecule has 0 fully saturated rings. The molecule has 0 amide bonds. The molecular formula is C25H20Cl2N2O. The van der Waals surface area contributed by atoms with E-state index >= 15 is 0 Å². The summed E-state index contributed by atoms with van der Waals surface area (Å²) in [5.74, 6) is 0.168. The minimum absolute atomic E-state index is 0.0442. The number of carbonyl (C=O) groups is 1. The maximum Gasteiger partial charge on any atom is 0.163 e. The molecule has 150 valence electrons. The molecular weight excluding hydrogens is 415 g/mol. The lowest BCUT2D eigenvalue weighted by molar-refractivity contribution is -0.116. The molecule has 1 aliphatic heterocycles. The Hall–Kier alpha value is -2.75. The van der Waals surface area contributed by atoms with Gasteiger partial charge in [0, 0.05) is 27.7 Å². The average molecular weight is 435 g/mol. The number of para-hydroxylation sites is 2. The van der Waals surface area contributed by atoms with Crippen molar-refractivity contribution in [3.8, 4) is 0 Å². The number of fused-ring (bicyclic) bond motifs is 1. The number of hydrogen-bond acceptors (Lipinski definition) is 3. The van der Waals surface area contributed by atoms with Crippen LogP contribution >= 0.6 is 23.2 Å². The summed E-state index contributed by atoms with van der Waals surface area (Å²) < 4.78 is 0. The number of ketones is 1. The van der Waals surface area contributed by atoms with Crippen molar-refractivity contribution in [3.63, 3.8) is 0 Å². The van der Waals surface area contributed by atoms with E-state index in [9.17, 15) is 4.79 Å². The first-order valence-corrected chi connectivity index (χ1v) is 10.7. The summed E-state index contributed by atoms with van der Waals surface area (Å²) in [4.78, 5) is 13.5. The van der Waals surface area contributed by atoms with Gasteiger partial charge >= 0.3 is 0 Å². The topological polar surface area (TPSA) is 41.1 Å². The number of anilines is 2. The van der Waals surface area contributed by atoms with Crippen LogP contribution in [-0.2, 0) is 4.79 Å². The van der Waals surface area contributed by atoms with E-state index in [0.29, 0.717) is 16.5 Å². The van der Waals surface area contributed by atoms with Crippen LogP contribution in [0.1, 0.15) is 35.9 Å². The number of carbonyl (C=O) groups excluding carboxylic acids is 1. The Labute approximate surface area is 185 Å². The molecule has 2 unspecified atom stereocenters. The van der Waals surface area contributed by atoms with Gasteiger partial charge in [0.1, 0.15) is 0 Å². The van der Waals surface area contributed by atoms with Crippen LogP contribution in [0.25, 0.3) is 0 Å². The van der Waals surface area contributed by atoms with Gasteiger partial charge in [-0.1, -0.05) is 65.7 Å². The van der Waals surface area contributed by atoms with Crippen LogP contribution in [0.5, 0.6) is 0 Å². The number of nitrogens with one attached hydrogen (secondary N) is 2. The molecule has 2 N–H and O–H groups in total. The van der Waals surface area contributed by atoms with E-state index in [1.54, 1.807) is 0 Å². The Balaban J connectivity index is 1.63. The van der Waals surface area contributed by atoms with Gasteiger partial charge in [-0.3, -0.25) is 4.79 Å². The second-order valence-electron chi connectivity index (χ2n) is 7.75. The zero-order valence-electron chi connectivity index (χ0n) is 16.2. The summed E-state index contributed by atoms with van der Waals surface area (Å²) in [5.41, 5.74) is 5.63. The largest absolute Gasteiger partial charge is 0.372 e. The summed E-state index contributed by atoms with van der Waals surface area (Å²) in [7, 11) is 0. The molecule has 2 atom stereocenters. The van der Waals surface area contributed by atoms with E-state index in [-0.39, 0.29) is 17.7 Å². The molecule has 30 heavy (non-hydrogen) atoms. The normalized spacial score (nSPS) is 20.5. The predicted molar refractivity (Wildman–Crippen MR) is 123 cm³/mol. The van der Waals surface area contributed by atoms with Crippen LogP contribution in [0.4, 0.5) is 11.4 Å². The third kappa shape index (κ3) is 3.49. The highest BCUT2D eigenvalue weighted by molar-refractivity contribution is 6.31. The van der Waals surface area contributed by atoms with Gasteiger partial charge in [0.15, 0.2) is 5.78 Å². The molecule has 0 radical (unpaired) electrons. The summed E-state index contributed by atoms with van der Waals surface area (Å²) in [6.45, 7) is 0. The van der Waals surface area contributed by atoms with Crippen LogP contribution in [0.3, 0.4) is 0 Å². The standard InChI is InChI=1S/C25H20Cl2N2O/c26-17-7-5-6-15(12-17)25-24-22(28-20-10-3-4-11-21(20)29-25)13-16(14-23(24)30)18-8-1-2-9-19(18)27/h1-12,16,25,28-29H,13-14H2. The fraction of sp³-hybridized carbons (Fsp3) is 0.160. The Morgan fingerprint density at radius 3 is 2.40 bits per heavy atom. The zero-order chi connectivity index (χ0) is 20.7. The molecule has 3 aromatic rings. The second kappa shape index (κ2) is 7.82. The molecule has 0 saturated carbocycles. The summed E-state index contributed by atoms with van der Waals surface area (Å²) in [6.07, 6.45) is 1.15. The van der Waals surface area contributed by atoms with Crippen LogP contribution in [0.2, 0.25) is 10.0 Å². The van der Waals surface area contributed by atoms with Crippen molar-refractivity contribution < 1.29 is 4.79 Å². The molecule has 1 heterocycles. The van der Waals surface area contributed by atoms with E-state index in [2.05, 4.69) is 10.6 Å². The fourth-order valence-electron chi connectivity index (χ4n) is 4.45. The number of benzene rings is 3. The smallest absolute Gasteiger partial charge is 0.163 e. The van der Waals surface area contributed by atoms with Crippen molar-refractivity contribution in [3.05, 3.63) is 105 Å². The van der Waals surface area contributed by atoms with Crippen LogP contribution < -0.4 is 10.6 Å². The summed E-state index contributed by atoms with van der Waals surface area (Å²) in [5, 5.41) is 8.48. The first-order valence-electron chi connectivity index (χ1n) is 9.99. The molecule has 0 spiro atoms. The molecule has 2 aliphatic rings. The maximum absolute atomic E-state index is 13.5. The molecule has 3 aromatic carbocycles. The van der Waals surface area contributed by atoms with Gasteiger partial charge < -0.3 is 10.6 Å². The summed E-state index contributed by atoms with van der Waals surface area (Å²) in [6, 6.07) is 23.2. The van der Waals surface area contributed by atoms with Gasteiger partial charge in [0.05, 0.1) is 17.4 Å². The maximum atomic E-state index is 13.5. The van der Waals surface area contributed by atoms with E-state index in [4.69, 9.17) is 23.2 Å². The van der Waals surface area contributed by atoms with Crippen LogP contribution in [0.15, 0.2) is 84.1 Å². The Morgan fingerprint density at radius 2 is 1.60 bits per heavy atom. The average Bonchev–Trinajstić information content (AvgIpc) is 2.91. The molecule has 5 heteroatoms. The molecule has 0 saturated heterocycles. The van der Waals surface area contributed by atoms with Gasteiger partial charge in [-0.05, 0) is 53.8 Å². The van der Waals surface area contributed by atoms with Crippen molar-refractivity contribution in [2.75, 3.05) is 10.6 Å². The first kappa shape index (κ1) is 19.2. The van der Waals surface area contributed by atoms with Crippen molar-refractivity contribution in [2.45, 2.75) is 24.8 Å². The lowest BCUT2D eigenvalue weighted by Crippen LogP contribution is -2.27. The van der Waals surface area contributed by atoms with Gasteiger partial charge in [0.25, 0.3) is 0 Å². The van der Waals surface area contributed by atoms with Crippen LogP contribution in [0, 0.1) is 0 Å². The minimum Gasteiger partial charge on any atom is -0.372 e. The number of allylic oxidation sites excluding steroid dienone is 1. The highest BCUT2D eigenvalue weighted by Crippen LogP contribution is 2.45. The fourth-order valence-corrected chi connectivity index (χ4v) is 4.94. The number of halogens is 2. The Morgan fingerprint density at radius 1 is 0.833 bits per heavy atom. The monoisotopic (exact) mass is 434 g/mol. The molecule has 5 rings (SSSR count). The van der Waals surface area contributed by atoms with Crippen molar-refractivity contribution in [1.82, 2.24) is 0 Å². The lowest BCUT2D eigenvalue weighted by atomic mass is 9.78. The van der Waals surface area contributed by atoms with E-state index in [0.717, 1.165) is 40.2 Å². The highest BCUT2D eigenvalue weighted by Gasteiger charge is 2.36. The zero-order valence-corrected chi connectivity index (χ0v) is 17.7. The SMILES string of the molecule is O=C1CC(c2ccccc2Cl)CC2=C1C(c1cccc(Cl)c1)Nc1ccccc1N2. The van der Waals surface area contributed by atoms with Crippen molar-refractivity contribution in [2.24, 2.45) is 0 Å². The Bertz CT molecular complexity index is 1170. The second-order valence-corrected chi connectivity index (χ2v) is 8.59. The Kier molecular flexibility index (Phi) is 5.01. The van der Waals surface area contributed by atoms with Crippen LogP contribution in [-0.4, -0.2) is 5.78 Å². The number of hydrogen-bond donors (Lipinski definition) is 2. The predicted octanol–water partition coefficient (Wildman–Crippen LogP) is 6.97. The van der Waals surface area contributed by atoms with E-state index in [1.165, 1.54) is 0 Å². The van der Waals surface area contributed by atoms with Gasteiger partial charge in [0.2, 0.25) is 0 Å². The van der Waals surface area contributed by atoms with Gasteiger partial charge in [-0.2, -0.15) is 0 Å². The molecule has 1 aliphatic carbocycles. The molecule has 0 bridgehead atoms. The summed E-state index contributed by atoms with van der Waals surface area (Å²) >= 11 is 12.7. The van der Waals surface area contributed by atoms with Gasteiger partial charge in [-0.25, -0.2) is 0 Å². The molecule has 0 aromatic heterocycles. The van der Waals surface area contributed by atoms with Gasteiger partial charge in [-0.15, -0.1) is 0 Å². The van der Waals surface area contributed by atoms with E-state index < -0.39 is 0 Å². The van der Waals surface area contributed by atoms with Crippen molar-refractivity contribution in [1.29, 1.82) is 0 Å². The lowest BCUT2D eigenvalue weighted by Gasteiger charge is -2.30. The number of rotatable bonds is 2. The van der Waals surface area contributed by atoms with E-state index in [1.807, 2.05) is 72.8 Å². The quantitative estimate of drug-likeness (QED) is 0.457. The minimum atomic E-state index is -0.269. The first-order chi connectivity index (χ1) is 14.6. The molecule has 3 nitrogen and oxygen atoms in total. The third-order valence-corrected chi connectivity index (χ3v) is 6.42.